The van der Waals surface area contributed by atoms with Gasteiger partial charge in [-0.15, -0.1) is 0 Å². The summed E-state index contributed by atoms with van der Waals surface area (Å²) < 4.78 is 5.28. The van der Waals surface area contributed by atoms with Gasteiger partial charge >= 0.3 is 0 Å². The smallest absolute Gasteiger partial charge is 0.168 e. The summed E-state index contributed by atoms with van der Waals surface area (Å²) in [6.07, 6.45) is 1.50. The molecule has 0 atom stereocenters. The molecule has 0 spiro atoms. The Morgan fingerprint density at radius 1 is 1.44 bits per heavy atom. The molecule has 0 radical (unpaired) electrons. The van der Waals surface area contributed by atoms with E-state index in [2.05, 4.69) is 14.9 Å². The van der Waals surface area contributed by atoms with Crippen molar-refractivity contribution < 1.29 is 9.53 Å². The normalized spacial score (nSPS) is 16.2. The van der Waals surface area contributed by atoms with Crippen LogP contribution in [0.15, 0.2) is 6.07 Å². The van der Waals surface area contributed by atoms with Crippen LogP contribution in [0.25, 0.3) is 0 Å². The van der Waals surface area contributed by atoms with Crippen LogP contribution in [0, 0.1) is 0 Å². The molecule has 1 aromatic heterocycles. The van der Waals surface area contributed by atoms with Gasteiger partial charge in [0.05, 0.1) is 13.2 Å². The van der Waals surface area contributed by atoms with E-state index in [0.29, 0.717) is 24.7 Å². The van der Waals surface area contributed by atoms with Crippen LogP contribution in [0.5, 0.6) is 0 Å². The minimum absolute atomic E-state index is 0.452. The highest BCUT2D eigenvalue weighted by molar-refractivity contribution is 5.73. The first kappa shape index (κ1) is 11.0. The quantitative estimate of drug-likeness (QED) is 0.703. The lowest BCUT2D eigenvalue weighted by atomic mass is 10.3. The van der Waals surface area contributed by atoms with Crippen molar-refractivity contribution in [3.05, 3.63) is 17.6 Å². The largest absolute Gasteiger partial charge is 0.378 e. The molecule has 1 aliphatic rings. The maximum Gasteiger partial charge on any atom is 0.168 e. The van der Waals surface area contributed by atoms with E-state index in [1.54, 1.807) is 6.07 Å². The minimum atomic E-state index is 0.452. The lowest BCUT2D eigenvalue weighted by Crippen LogP contribution is -2.37. The van der Waals surface area contributed by atoms with Crippen LogP contribution >= 0.6 is 0 Å². The van der Waals surface area contributed by atoms with Gasteiger partial charge in [0.2, 0.25) is 0 Å². The standard InChI is InChI=1S/C11H15N3O2/c1-2-10-12-9(8-15)7-11(13-10)14-3-5-16-6-4-14/h7-8H,2-6H2,1H3. The molecule has 0 bridgehead atoms. The molecule has 2 heterocycles. The number of anilines is 1. The molecule has 0 aliphatic carbocycles. The first-order valence-electron chi connectivity index (χ1n) is 5.49. The summed E-state index contributed by atoms with van der Waals surface area (Å²) in [7, 11) is 0. The fourth-order valence-corrected chi connectivity index (χ4v) is 1.68. The van der Waals surface area contributed by atoms with Gasteiger partial charge in [0.1, 0.15) is 17.3 Å². The second kappa shape index (κ2) is 5.03. The molecule has 0 amide bonds. The van der Waals surface area contributed by atoms with Crippen molar-refractivity contribution in [1.82, 2.24) is 9.97 Å². The number of carbonyl (C=O) groups is 1. The molecular formula is C11H15N3O2. The number of morpholine rings is 1. The van der Waals surface area contributed by atoms with Crippen molar-refractivity contribution in [3.8, 4) is 0 Å². The topological polar surface area (TPSA) is 55.3 Å². The van der Waals surface area contributed by atoms with Gasteiger partial charge in [-0.3, -0.25) is 4.79 Å². The van der Waals surface area contributed by atoms with Gasteiger partial charge in [-0.1, -0.05) is 6.92 Å². The average Bonchev–Trinajstić information content (AvgIpc) is 2.39. The summed E-state index contributed by atoms with van der Waals surface area (Å²) in [6.45, 7) is 5.04. The lowest BCUT2D eigenvalue weighted by molar-refractivity contribution is 0.111. The highest BCUT2D eigenvalue weighted by atomic mass is 16.5. The number of hydrogen-bond donors (Lipinski definition) is 0. The number of aromatic nitrogens is 2. The summed E-state index contributed by atoms with van der Waals surface area (Å²) in [5.74, 6) is 1.54. The number of aldehydes is 1. The molecule has 0 saturated carbocycles. The fourth-order valence-electron chi connectivity index (χ4n) is 1.68. The Labute approximate surface area is 94.5 Å². The highest BCUT2D eigenvalue weighted by Crippen LogP contribution is 2.14. The van der Waals surface area contributed by atoms with Crippen LogP contribution in [0.4, 0.5) is 5.82 Å². The van der Waals surface area contributed by atoms with E-state index in [4.69, 9.17) is 4.74 Å². The van der Waals surface area contributed by atoms with E-state index in [9.17, 15) is 4.79 Å². The Balaban J connectivity index is 2.27. The first-order chi connectivity index (χ1) is 7.83. The van der Waals surface area contributed by atoms with E-state index in [1.807, 2.05) is 6.92 Å². The third-order valence-electron chi connectivity index (χ3n) is 2.55. The zero-order chi connectivity index (χ0) is 11.4. The van der Waals surface area contributed by atoms with Crippen LogP contribution in [0.1, 0.15) is 23.2 Å². The summed E-state index contributed by atoms with van der Waals surface area (Å²) in [5.41, 5.74) is 0.452. The van der Waals surface area contributed by atoms with Crippen LogP contribution in [0.3, 0.4) is 0 Å². The molecule has 5 heteroatoms. The van der Waals surface area contributed by atoms with Gasteiger partial charge in [-0.25, -0.2) is 9.97 Å². The van der Waals surface area contributed by atoms with Gasteiger partial charge in [0.15, 0.2) is 6.29 Å². The van der Waals surface area contributed by atoms with E-state index in [-0.39, 0.29) is 0 Å². The van der Waals surface area contributed by atoms with Crippen molar-refractivity contribution in [3.63, 3.8) is 0 Å². The molecular weight excluding hydrogens is 206 g/mol. The third kappa shape index (κ3) is 2.36. The Bertz CT molecular complexity index is 375. The van der Waals surface area contributed by atoms with Gasteiger partial charge < -0.3 is 9.64 Å². The van der Waals surface area contributed by atoms with Crippen molar-refractivity contribution in [2.75, 3.05) is 31.2 Å². The zero-order valence-corrected chi connectivity index (χ0v) is 9.35. The molecule has 16 heavy (non-hydrogen) atoms. The lowest BCUT2D eigenvalue weighted by Gasteiger charge is -2.28. The van der Waals surface area contributed by atoms with E-state index in [0.717, 1.165) is 31.6 Å². The molecule has 0 unspecified atom stereocenters. The molecule has 5 nitrogen and oxygen atoms in total. The van der Waals surface area contributed by atoms with Gasteiger partial charge in [0.25, 0.3) is 0 Å². The maximum atomic E-state index is 10.8. The Morgan fingerprint density at radius 2 is 2.19 bits per heavy atom. The molecule has 86 valence electrons. The van der Waals surface area contributed by atoms with E-state index < -0.39 is 0 Å². The van der Waals surface area contributed by atoms with Gasteiger partial charge in [0, 0.05) is 25.6 Å². The third-order valence-corrected chi connectivity index (χ3v) is 2.55. The summed E-state index contributed by atoms with van der Waals surface area (Å²) in [5, 5.41) is 0. The molecule has 1 aliphatic heterocycles. The highest BCUT2D eigenvalue weighted by Gasteiger charge is 2.14. The zero-order valence-electron chi connectivity index (χ0n) is 9.35. The first-order valence-corrected chi connectivity index (χ1v) is 5.49. The SMILES string of the molecule is CCc1nc(C=O)cc(N2CCOCC2)n1. The predicted molar refractivity (Wildman–Crippen MR) is 59.8 cm³/mol. The van der Waals surface area contributed by atoms with Crippen molar-refractivity contribution in [2.24, 2.45) is 0 Å². The minimum Gasteiger partial charge on any atom is -0.378 e. The van der Waals surface area contributed by atoms with Gasteiger partial charge in [-0.2, -0.15) is 0 Å². The number of hydrogen-bond acceptors (Lipinski definition) is 5. The summed E-state index contributed by atoms with van der Waals surface area (Å²) in [4.78, 5) is 21.5. The van der Waals surface area contributed by atoms with Crippen LogP contribution in [-0.4, -0.2) is 42.6 Å². The summed E-state index contributed by atoms with van der Waals surface area (Å²) >= 11 is 0. The van der Waals surface area contributed by atoms with Crippen molar-refractivity contribution >= 4 is 12.1 Å². The number of carbonyl (C=O) groups excluding carboxylic acids is 1. The molecule has 1 saturated heterocycles. The fraction of sp³-hybridized carbons (Fsp3) is 0.545. The maximum absolute atomic E-state index is 10.8. The van der Waals surface area contributed by atoms with E-state index >= 15 is 0 Å². The number of aryl methyl sites for hydroxylation is 1. The molecule has 0 N–H and O–H groups in total. The van der Waals surface area contributed by atoms with E-state index in [1.165, 1.54) is 0 Å². The summed E-state index contributed by atoms with van der Waals surface area (Å²) in [6, 6.07) is 1.73. The van der Waals surface area contributed by atoms with Crippen molar-refractivity contribution in [1.29, 1.82) is 0 Å². The monoisotopic (exact) mass is 221 g/mol. The van der Waals surface area contributed by atoms with Crippen LogP contribution in [-0.2, 0) is 11.2 Å². The Kier molecular flexibility index (Phi) is 3.46. The second-order valence-corrected chi connectivity index (χ2v) is 3.64. The Hall–Kier alpha value is -1.49. The van der Waals surface area contributed by atoms with Crippen molar-refractivity contribution in [2.45, 2.75) is 13.3 Å². The average molecular weight is 221 g/mol. The number of ether oxygens (including phenoxy) is 1. The van der Waals surface area contributed by atoms with Crippen LogP contribution < -0.4 is 4.90 Å². The second-order valence-electron chi connectivity index (χ2n) is 3.64. The molecule has 1 fully saturated rings. The Morgan fingerprint density at radius 3 is 2.81 bits per heavy atom. The molecule has 1 aromatic rings. The number of nitrogens with zero attached hydrogens (tertiary/aromatic N) is 3. The predicted octanol–water partition coefficient (Wildman–Crippen LogP) is 0.688. The van der Waals surface area contributed by atoms with Gasteiger partial charge in [-0.05, 0) is 0 Å². The molecule has 2 rings (SSSR count). The molecule has 0 aromatic carbocycles. The number of rotatable bonds is 3. The van der Waals surface area contributed by atoms with Crippen LogP contribution in [0.2, 0.25) is 0 Å².